The van der Waals surface area contributed by atoms with Gasteiger partial charge in [-0.25, -0.2) is 4.99 Å². The highest BCUT2D eigenvalue weighted by molar-refractivity contribution is 14.0. The van der Waals surface area contributed by atoms with E-state index < -0.39 is 0 Å². The second-order valence-electron chi connectivity index (χ2n) is 6.79. The van der Waals surface area contributed by atoms with Gasteiger partial charge in [0.15, 0.2) is 5.96 Å². The summed E-state index contributed by atoms with van der Waals surface area (Å²) in [6.45, 7) is 5.23. The normalized spacial score (nSPS) is 17.4. The monoisotopic (exact) mass is 481 g/mol. The first-order valence-electron chi connectivity index (χ1n) is 9.31. The molecule has 6 nitrogen and oxygen atoms in total. The number of aromatic nitrogens is 1. The Kier molecular flexibility index (Phi) is 8.27. The molecule has 3 rings (SSSR count). The molecule has 0 spiro atoms. The fraction of sp³-hybridized carbons (Fsp3) is 0.450. The van der Waals surface area contributed by atoms with Gasteiger partial charge in [-0.3, -0.25) is 9.78 Å². The predicted molar refractivity (Wildman–Crippen MR) is 120 cm³/mol. The molecule has 1 aliphatic heterocycles. The summed E-state index contributed by atoms with van der Waals surface area (Å²) in [7, 11) is 0. The van der Waals surface area contributed by atoms with Gasteiger partial charge in [0, 0.05) is 37.6 Å². The van der Waals surface area contributed by atoms with Crippen molar-refractivity contribution in [3.63, 3.8) is 0 Å². The Morgan fingerprint density at radius 1 is 1.37 bits per heavy atom. The van der Waals surface area contributed by atoms with Crippen LogP contribution >= 0.6 is 24.0 Å². The van der Waals surface area contributed by atoms with E-state index in [0.29, 0.717) is 18.9 Å². The van der Waals surface area contributed by atoms with Crippen molar-refractivity contribution in [1.82, 2.24) is 15.2 Å². The Morgan fingerprint density at radius 2 is 2.19 bits per heavy atom. The third kappa shape index (κ3) is 5.79. The molecule has 2 aromatic rings. The number of pyridine rings is 1. The van der Waals surface area contributed by atoms with Crippen molar-refractivity contribution in [3.05, 3.63) is 42.1 Å². The van der Waals surface area contributed by atoms with Crippen LogP contribution in [-0.2, 0) is 11.3 Å². The zero-order valence-electron chi connectivity index (χ0n) is 15.7. The number of nitrogens with one attached hydrogen (secondary N) is 1. The van der Waals surface area contributed by atoms with Crippen molar-refractivity contribution in [2.24, 2.45) is 16.6 Å². The minimum atomic E-state index is -0.222. The van der Waals surface area contributed by atoms with Gasteiger partial charge in [0.2, 0.25) is 5.91 Å². The fourth-order valence-corrected chi connectivity index (χ4v) is 3.59. The second kappa shape index (κ2) is 10.4. The summed E-state index contributed by atoms with van der Waals surface area (Å²) in [5, 5.41) is 4.51. The first-order chi connectivity index (χ1) is 12.7. The van der Waals surface area contributed by atoms with Crippen LogP contribution in [0.2, 0.25) is 0 Å². The lowest BCUT2D eigenvalue weighted by Gasteiger charge is -2.34. The number of nitrogens with two attached hydrogens (primary N) is 1. The Hall–Kier alpha value is -1.90. The molecule has 2 heterocycles. The van der Waals surface area contributed by atoms with Gasteiger partial charge < -0.3 is 16.0 Å². The summed E-state index contributed by atoms with van der Waals surface area (Å²) in [5.41, 5.74) is 7.50. The maximum Gasteiger partial charge on any atom is 0.217 e. The topological polar surface area (TPSA) is 83.6 Å². The van der Waals surface area contributed by atoms with Gasteiger partial charge in [-0.2, -0.15) is 0 Å². The van der Waals surface area contributed by atoms with Gasteiger partial charge in [-0.1, -0.05) is 24.3 Å². The van der Waals surface area contributed by atoms with Gasteiger partial charge in [0.25, 0.3) is 0 Å². The number of para-hydroxylation sites is 1. The number of hydrogen-bond donors (Lipinski definition) is 2. The number of hydrogen-bond acceptors (Lipinski definition) is 3. The highest BCUT2D eigenvalue weighted by Crippen LogP contribution is 2.20. The number of amides is 1. The van der Waals surface area contributed by atoms with Crippen LogP contribution in [0.15, 0.2) is 41.5 Å². The van der Waals surface area contributed by atoms with E-state index in [1.807, 2.05) is 18.3 Å². The predicted octanol–water partition coefficient (Wildman–Crippen LogP) is 2.91. The van der Waals surface area contributed by atoms with Crippen LogP contribution < -0.4 is 11.1 Å². The van der Waals surface area contributed by atoms with E-state index in [4.69, 9.17) is 10.7 Å². The van der Waals surface area contributed by atoms with E-state index in [2.05, 4.69) is 40.3 Å². The molecule has 0 bridgehead atoms. The molecule has 0 aliphatic carbocycles. The van der Waals surface area contributed by atoms with E-state index in [-0.39, 0.29) is 29.9 Å². The number of guanidine groups is 1. The molecule has 1 amide bonds. The summed E-state index contributed by atoms with van der Waals surface area (Å²) in [6, 6.07) is 10.2. The Bertz CT molecular complexity index is 790. The third-order valence-corrected chi connectivity index (χ3v) is 4.76. The standard InChI is InChI=1S/C20H27N5O.HI/c1-2-22-20(25-11-5-6-15(14-25)12-18(21)26)24-13-17-8-3-7-16-9-4-10-23-19(16)17;/h3-4,7-10,15H,2,5-6,11-14H2,1H3,(H2,21,26)(H,22,24);1H. The lowest BCUT2D eigenvalue weighted by molar-refractivity contribution is -0.119. The number of rotatable bonds is 5. The number of nitrogens with zero attached hydrogens (tertiary/aromatic N) is 3. The molecule has 7 heteroatoms. The molecule has 0 saturated carbocycles. The summed E-state index contributed by atoms with van der Waals surface area (Å²) in [6.07, 6.45) is 4.37. The summed E-state index contributed by atoms with van der Waals surface area (Å²) in [5.74, 6) is 0.986. The summed E-state index contributed by atoms with van der Waals surface area (Å²) in [4.78, 5) is 22.9. The molecule has 1 aliphatic rings. The molecule has 1 aromatic carbocycles. The number of carbonyl (C=O) groups excluding carboxylic acids is 1. The molecule has 1 saturated heterocycles. The van der Waals surface area contributed by atoms with Crippen LogP contribution in [0.25, 0.3) is 10.9 Å². The van der Waals surface area contributed by atoms with Crippen LogP contribution in [0.3, 0.4) is 0 Å². The molecular weight excluding hydrogens is 453 g/mol. The first-order valence-corrected chi connectivity index (χ1v) is 9.31. The van der Waals surface area contributed by atoms with Gasteiger partial charge in [-0.05, 0) is 37.3 Å². The van der Waals surface area contributed by atoms with Crippen molar-refractivity contribution >= 4 is 46.7 Å². The quantitative estimate of drug-likeness (QED) is 0.391. The van der Waals surface area contributed by atoms with E-state index in [9.17, 15) is 4.79 Å². The van der Waals surface area contributed by atoms with Crippen LogP contribution in [0.1, 0.15) is 31.7 Å². The molecule has 0 radical (unpaired) electrons. The number of aliphatic imine (C=N–C) groups is 1. The lowest BCUT2D eigenvalue weighted by atomic mass is 9.95. The molecule has 1 aromatic heterocycles. The molecular formula is C20H28IN5O. The minimum Gasteiger partial charge on any atom is -0.370 e. The number of likely N-dealkylation sites (tertiary alicyclic amines) is 1. The maximum absolute atomic E-state index is 11.3. The zero-order valence-corrected chi connectivity index (χ0v) is 18.1. The van der Waals surface area contributed by atoms with Gasteiger partial charge >= 0.3 is 0 Å². The molecule has 1 fully saturated rings. The number of benzene rings is 1. The molecule has 27 heavy (non-hydrogen) atoms. The van der Waals surface area contributed by atoms with E-state index in [0.717, 1.165) is 54.9 Å². The SMILES string of the molecule is CCNC(=NCc1cccc2cccnc12)N1CCCC(CC(N)=O)C1.I. The highest BCUT2D eigenvalue weighted by Gasteiger charge is 2.23. The Morgan fingerprint density at radius 3 is 2.96 bits per heavy atom. The number of piperidine rings is 1. The summed E-state index contributed by atoms with van der Waals surface area (Å²) >= 11 is 0. The van der Waals surface area contributed by atoms with E-state index in [1.54, 1.807) is 0 Å². The minimum absolute atomic E-state index is 0. The average molecular weight is 481 g/mol. The Balaban J connectivity index is 0.00000261. The van der Waals surface area contributed by atoms with Crippen LogP contribution in [0, 0.1) is 5.92 Å². The number of halogens is 1. The molecule has 1 atom stereocenters. The average Bonchev–Trinajstić information content (AvgIpc) is 2.65. The molecule has 1 unspecified atom stereocenters. The van der Waals surface area contributed by atoms with Crippen LogP contribution in [-0.4, -0.2) is 41.4 Å². The largest absolute Gasteiger partial charge is 0.370 e. The van der Waals surface area contributed by atoms with Gasteiger partial charge in [0.1, 0.15) is 0 Å². The Labute approximate surface area is 177 Å². The number of fused-ring (bicyclic) bond motifs is 1. The summed E-state index contributed by atoms with van der Waals surface area (Å²) < 4.78 is 0. The smallest absolute Gasteiger partial charge is 0.217 e. The number of carbonyl (C=O) groups is 1. The molecule has 3 N–H and O–H groups in total. The number of primary amides is 1. The van der Waals surface area contributed by atoms with Crippen molar-refractivity contribution in [2.75, 3.05) is 19.6 Å². The second-order valence-corrected chi connectivity index (χ2v) is 6.79. The van der Waals surface area contributed by atoms with Crippen molar-refractivity contribution in [2.45, 2.75) is 32.7 Å². The van der Waals surface area contributed by atoms with Crippen molar-refractivity contribution in [3.8, 4) is 0 Å². The first kappa shape index (κ1) is 21.4. The zero-order chi connectivity index (χ0) is 18.4. The van der Waals surface area contributed by atoms with Crippen molar-refractivity contribution < 1.29 is 4.79 Å². The van der Waals surface area contributed by atoms with Crippen molar-refractivity contribution in [1.29, 1.82) is 0 Å². The van der Waals surface area contributed by atoms with E-state index in [1.165, 1.54) is 0 Å². The van der Waals surface area contributed by atoms with E-state index >= 15 is 0 Å². The highest BCUT2D eigenvalue weighted by atomic mass is 127. The lowest BCUT2D eigenvalue weighted by Crippen LogP contribution is -2.47. The molecule has 146 valence electrons. The van der Waals surface area contributed by atoms with Crippen LogP contribution in [0.4, 0.5) is 0 Å². The maximum atomic E-state index is 11.3. The van der Waals surface area contributed by atoms with Crippen LogP contribution in [0.5, 0.6) is 0 Å². The fourth-order valence-electron chi connectivity index (χ4n) is 3.59. The third-order valence-electron chi connectivity index (χ3n) is 4.76. The van der Waals surface area contributed by atoms with Gasteiger partial charge in [-0.15, -0.1) is 24.0 Å². The van der Waals surface area contributed by atoms with Gasteiger partial charge in [0.05, 0.1) is 12.1 Å².